The van der Waals surface area contributed by atoms with Gasteiger partial charge in [-0.1, -0.05) is 0 Å². The average Bonchev–Trinajstić information content (AvgIpc) is 2.86. The zero-order valence-corrected chi connectivity index (χ0v) is 9.66. The lowest BCUT2D eigenvalue weighted by Gasteiger charge is -2.08. The summed E-state index contributed by atoms with van der Waals surface area (Å²) in [6.07, 6.45) is 1.47. The molecule has 1 aromatic heterocycles. The van der Waals surface area contributed by atoms with Crippen LogP contribution in [0.1, 0.15) is 17.0 Å². The summed E-state index contributed by atoms with van der Waals surface area (Å²) in [6.45, 7) is 0.396. The van der Waals surface area contributed by atoms with Crippen molar-refractivity contribution in [2.24, 2.45) is 0 Å². The molecular formula is C12H9N5O. The van der Waals surface area contributed by atoms with E-state index in [1.807, 2.05) is 6.07 Å². The van der Waals surface area contributed by atoms with E-state index in [1.54, 1.807) is 25.3 Å². The first-order valence-corrected chi connectivity index (χ1v) is 5.13. The molecule has 2 aromatic rings. The van der Waals surface area contributed by atoms with Crippen molar-refractivity contribution in [3.63, 3.8) is 0 Å². The molecule has 0 bridgehead atoms. The quantitative estimate of drug-likeness (QED) is 0.799. The van der Waals surface area contributed by atoms with E-state index in [4.69, 9.17) is 15.3 Å². The fraction of sp³-hybridized carbons (Fsp3) is 0.167. The lowest BCUT2D eigenvalue weighted by atomic mass is 10.1. The van der Waals surface area contributed by atoms with Crippen molar-refractivity contribution in [1.29, 1.82) is 10.5 Å². The number of hydrogen-bond donors (Lipinski definition) is 0. The van der Waals surface area contributed by atoms with Gasteiger partial charge in [0.05, 0.1) is 25.3 Å². The Balaban J connectivity index is 2.33. The molecule has 6 nitrogen and oxygen atoms in total. The highest BCUT2D eigenvalue weighted by Crippen LogP contribution is 2.20. The molecule has 0 aliphatic rings. The van der Waals surface area contributed by atoms with Crippen LogP contribution in [0.2, 0.25) is 0 Å². The normalized spacial score (nSPS) is 9.50. The summed E-state index contributed by atoms with van der Waals surface area (Å²) in [5, 5.41) is 21.5. The van der Waals surface area contributed by atoms with Crippen LogP contribution in [0.3, 0.4) is 0 Å². The number of hydrogen-bond acceptors (Lipinski definition) is 5. The van der Waals surface area contributed by atoms with Gasteiger partial charge in [0.2, 0.25) is 0 Å². The fourth-order valence-corrected chi connectivity index (χ4v) is 1.57. The van der Waals surface area contributed by atoms with E-state index in [9.17, 15) is 0 Å². The first-order chi connectivity index (χ1) is 8.76. The number of benzene rings is 1. The number of methoxy groups -OCH3 is 1. The van der Waals surface area contributed by atoms with Gasteiger partial charge in [-0.2, -0.15) is 10.5 Å². The molecule has 0 aliphatic heterocycles. The summed E-state index contributed by atoms with van der Waals surface area (Å²) >= 11 is 0. The monoisotopic (exact) mass is 239 g/mol. The smallest absolute Gasteiger partial charge is 0.252 e. The average molecular weight is 239 g/mol. The van der Waals surface area contributed by atoms with Gasteiger partial charge in [-0.25, -0.2) is 9.67 Å². The third-order valence-electron chi connectivity index (χ3n) is 2.38. The molecule has 18 heavy (non-hydrogen) atoms. The highest BCUT2D eigenvalue weighted by atomic mass is 16.5. The topological polar surface area (TPSA) is 87.5 Å². The molecule has 6 heteroatoms. The molecule has 0 unspecified atom stereocenters. The van der Waals surface area contributed by atoms with Crippen LogP contribution in [0.5, 0.6) is 5.75 Å². The first kappa shape index (κ1) is 11.6. The van der Waals surface area contributed by atoms with E-state index < -0.39 is 0 Å². The Kier molecular flexibility index (Phi) is 3.22. The maximum absolute atomic E-state index is 8.87. The number of nitriles is 2. The van der Waals surface area contributed by atoms with E-state index in [2.05, 4.69) is 16.2 Å². The van der Waals surface area contributed by atoms with Crippen molar-refractivity contribution in [3.8, 4) is 17.9 Å². The molecule has 0 spiro atoms. The van der Waals surface area contributed by atoms with Gasteiger partial charge in [-0.05, 0) is 18.2 Å². The van der Waals surface area contributed by atoms with E-state index in [0.717, 1.165) is 5.56 Å². The summed E-state index contributed by atoms with van der Waals surface area (Å²) in [5.74, 6) is 0.786. The zero-order valence-electron chi connectivity index (χ0n) is 9.66. The maximum Gasteiger partial charge on any atom is 0.252 e. The van der Waals surface area contributed by atoms with Crippen LogP contribution in [0.25, 0.3) is 0 Å². The molecular weight excluding hydrogens is 230 g/mol. The van der Waals surface area contributed by atoms with Gasteiger partial charge in [0.15, 0.2) is 0 Å². The Morgan fingerprint density at radius 1 is 1.33 bits per heavy atom. The number of ether oxygens (including phenoxy) is 1. The number of aromatic nitrogens is 3. The molecule has 0 atom stereocenters. The van der Waals surface area contributed by atoms with Crippen molar-refractivity contribution in [3.05, 3.63) is 41.5 Å². The summed E-state index contributed by atoms with van der Waals surface area (Å²) < 4.78 is 6.74. The summed E-state index contributed by atoms with van der Waals surface area (Å²) in [4.78, 5) is 3.81. The largest absolute Gasteiger partial charge is 0.496 e. The number of rotatable bonds is 3. The van der Waals surface area contributed by atoms with Crippen molar-refractivity contribution in [1.82, 2.24) is 14.8 Å². The molecule has 2 rings (SSSR count). The Labute approximate surface area is 104 Å². The Bertz CT molecular complexity index is 647. The van der Waals surface area contributed by atoms with Gasteiger partial charge in [-0.3, -0.25) is 0 Å². The second kappa shape index (κ2) is 4.98. The Hall–Kier alpha value is -2.86. The molecule has 1 aromatic carbocycles. The van der Waals surface area contributed by atoms with Crippen molar-refractivity contribution in [2.75, 3.05) is 7.11 Å². The molecule has 0 saturated carbocycles. The lowest BCUT2D eigenvalue weighted by Crippen LogP contribution is -2.03. The predicted octanol–water partition coefficient (Wildman–Crippen LogP) is 1.08. The highest BCUT2D eigenvalue weighted by Gasteiger charge is 2.07. The van der Waals surface area contributed by atoms with Crippen molar-refractivity contribution in [2.45, 2.75) is 6.54 Å². The van der Waals surface area contributed by atoms with E-state index in [1.165, 1.54) is 11.0 Å². The predicted molar refractivity (Wildman–Crippen MR) is 61.5 cm³/mol. The Morgan fingerprint density at radius 2 is 2.17 bits per heavy atom. The molecule has 0 N–H and O–H groups in total. The standard InChI is InChI=1S/C12H9N5O/c1-18-11-3-2-9(5-13)4-10(11)7-17-8-15-12(6-14)16-17/h2-4,8H,7H2,1H3. The molecule has 1 heterocycles. The molecule has 0 amide bonds. The Morgan fingerprint density at radius 3 is 2.78 bits per heavy atom. The second-order valence-electron chi connectivity index (χ2n) is 3.52. The van der Waals surface area contributed by atoms with Crippen LogP contribution < -0.4 is 4.74 Å². The van der Waals surface area contributed by atoms with E-state index in [0.29, 0.717) is 17.9 Å². The van der Waals surface area contributed by atoms with Crippen LogP contribution in [-0.2, 0) is 6.54 Å². The van der Waals surface area contributed by atoms with Crippen molar-refractivity contribution >= 4 is 0 Å². The summed E-state index contributed by atoms with van der Waals surface area (Å²) in [6, 6.07) is 9.07. The minimum Gasteiger partial charge on any atom is -0.496 e. The van der Waals surface area contributed by atoms with Gasteiger partial charge in [0.25, 0.3) is 5.82 Å². The second-order valence-corrected chi connectivity index (χ2v) is 3.52. The minimum absolute atomic E-state index is 0.116. The van der Waals surface area contributed by atoms with Crippen LogP contribution in [0.4, 0.5) is 0 Å². The van der Waals surface area contributed by atoms with Gasteiger partial charge in [-0.15, -0.1) is 5.10 Å². The first-order valence-electron chi connectivity index (χ1n) is 5.13. The summed E-state index contributed by atoms with van der Waals surface area (Å²) in [7, 11) is 1.56. The number of nitrogens with zero attached hydrogens (tertiary/aromatic N) is 5. The van der Waals surface area contributed by atoms with Crippen LogP contribution in [-0.4, -0.2) is 21.9 Å². The summed E-state index contributed by atoms with van der Waals surface area (Å²) in [5.41, 5.74) is 1.36. The molecule has 0 radical (unpaired) electrons. The van der Waals surface area contributed by atoms with Crippen molar-refractivity contribution < 1.29 is 4.74 Å². The molecule has 88 valence electrons. The zero-order chi connectivity index (χ0) is 13.0. The van der Waals surface area contributed by atoms with Gasteiger partial charge in [0.1, 0.15) is 18.1 Å². The SMILES string of the molecule is COc1ccc(C#N)cc1Cn1cnc(C#N)n1. The van der Waals surface area contributed by atoms with Crippen LogP contribution in [0, 0.1) is 22.7 Å². The fourth-order valence-electron chi connectivity index (χ4n) is 1.57. The highest BCUT2D eigenvalue weighted by molar-refractivity contribution is 5.42. The third kappa shape index (κ3) is 2.28. The molecule has 0 aliphatic carbocycles. The minimum atomic E-state index is 0.116. The van der Waals surface area contributed by atoms with Gasteiger partial charge >= 0.3 is 0 Å². The van der Waals surface area contributed by atoms with E-state index in [-0.39, 0.29) is 5.82 Å². The van der Waals surface area contributed by atoms with Crippen LogP contribution in [0.15, 0.2) is 24.5 Å². The third-order valence-corrected chi connectivity index (χ3v) is 2.38. The van der Waals surface area contributed by atoms with Gasteiger partial charge < -0.3 is 4.74 Å². The van der Waals surface area contributed by atoms with E-state index >= 15 is 0 Å². The molecule has 0 saturated heterocycles. The van der Waals surface area contributed by atoms with Gasteiger partial charge in [0, 0.05) is 5.56 Å². The lowest BCUT2D eigenvalue weighted by molar-refractivity contribution is 0.407. The molecule has 0 fully saturated rings. The van der Waals surface area contributed by atoms with Crippen LogP contribution >= 0.6 is 0 Å². The maximum atomic E-state index is 8.87.